The zero-order chi connectivity index (χ0) is 24.3. The van der Waals surface area contributed by atoms with Crippen molar-refractivity contribution in [2.75, 3.05) is 6.54 Å². The molecule has 0 saturated heterocycles. The first-order valence-corrected chi connectivity index (χ1v) is 9.80. The Balaban J connectivity index is 2.65. The molecule has 32 heavy (non-hydrogen) atoms. The van der Waals surface area contributed by atoms with E-state index in [0.29, 0.717) is 5.56 Å². The molecule has 176 valence electrons. The highest BCUT2D eigenvalue weighted by Gasteiger charge is 2.30. The van der Waals surface area contributed by atoms with Gasteiger partial charge in [0.2, 0.25) is 17.7 Å². The van der Waals surface area contributed by atoms with Crippen LogP contribution in [0.25, 0.3) is 0 Å². The van der Waals surface area contributed by atoms with Crippen molar-refractivity contribution in [2.45, 2.75) is 50.4 Å². The third-order valence-electron chi connectivity index (χ3n) is 4.41. The molecule has 0 aliphatic rings. The van der Waals surface area contributed by atoms with Gasteiger partial charge in [-0.15, -0.1) is 0 Å². The van der Waals surface area contributed by atoms with Crippen LogP contribution in [0.4, 0.5) is 0 Å². The molecule has 3 amide bonds. The topological polar surface area (TPSA) is 208 Å². The molecule has 1 rings (SSSR count). The summed E-state index contributed by atoms with van der Waals surface area (Å²) in [5.41, 5.74) is 6.20. The average molecular weight is 452 g/mol. The van der Waals surface area contributed by atoms with Gasteiger partial charge in [-0.25, -0.2) is 4.79 Å². The van der Waals surface area contributed by atoms with Gasteiger partial charge in [0.1, 0.15) is 12.1 Å². The highest BCUT2D eigenvalue weighted by Crippen LogP contribution is 2.05. The number of nitrogens with two attached hydrogens (primary N) is 1. The van der Waals surface area contributed by atoms with Crippen LogP contribution < -0.4 is 21.7 Å². The molecule has 0 saturated carbocycles. The molecule has 0 aliphatic heterocycles. The van der Waals surface area contributed by atoms with E-state index in [1.807, 2.05) is 0 Å². The smallest absolute Gasteiger partial charge is 0.326 e. The minimum absolute atomic E-state index is 0.00726. The Morgan fingerprint density at radius 1 is 1.00 bits per heavy atom. The quantitative estimate of drug-likeness (QED) is 0.176. The fourth-order valence-electron chi connectivity index (χ4n) is 2.65. The molecule has 0 fully saturated rings. The minimum Gasteiger partial charge on any atom is -0.481 e. The number of rotatable bonds is 13. The number of hydrogen-bond donors (Lipinski definition) is 7. The second-order valence-corrected chi connectivity index (χ2v) is 7.13. The van der Waals surface area contributed by atoms with Crippen LogP contribution in [0.1, 0.15) is 25.3 Å². The van der Waals surface area contributed by atoms with E-state index in [0.717, 1.165) is 0 Å². The Morgan fingerprint density at radius 3 is 2.16 bits per heavy atom. The van der Waals surface area contributed by atoms with Gasteiger partial charge in [-0.05, 0) is 18.9 Å². The van der Waals surface area contributed by atoms with Gasteiger partial charge in [0.15, 0.2) is 0 Å². The zero-order valence-electron chi connectivity index (χ0n) is 17.5. The van der Waals surface area contributed by atoms with Crippen LogP contribution in [-0.2, 0) is 30.4 Å². The number of carboxylic acid groups (broad SMARTS) is 2. The molecule has 0 aromatic heterocycles. The Bertz CT molecular complexity index is 815. The predicted molar refractivity (Wildman–Crippen MR) is 111 cm³/mol. The van der Waals surface area contributed by atoms with Gasteiger partial charge >= 0.3 is 11.9 Å². The Kier molecular flexibility index (Phi) is 10.8. The summed E-state index contributed by atoms with van der Waals surface area (Å²) in [4.78, 5) is 58.5. The third kappa shape index (κ3) is 9.53. The van der Waals surface area contributed by atoms with Crippen molar-refractivity contribution in [1.29, 1.82) is 0 Å². The summed E-state index contributed by atoms with van der Waals surface area (Å²) in [5, 5.41) is 34.6. The lowest BCUT2D eigenvalue weighted by Crippen LogP contribution is -2.57. The van der Waals surface area contributed by atoms with Gasteiger partial charge in [-0.1, -0.05) is 30.3 Å². The van der Waals surface area contributed by atoms with Crippen molar-refractivity contribution in [3.05, 3.63) is 35.9 Å². The van der Waals surface area contributed by atoms with E-state index in [2.05, 4.69) is 16.0 Å². The predicted octanol–water partition coefficient (Wildman–Crippen LogP) is -2.03. The Hall–Kier alpha value is -3.51. The van der Waals surface area contributed by atoms with E-state index < -0.39 is 60.4 Å². The molecule has 1 aromatic carbocycles. The number of aliphatic hydroxyl groups excluding tert-OH is 1. The van der Waals surface area contributed by atoms with E-state index >= 15 is 0 Å². The summed E-state index contributed by atoms with van der Waals surface area (Å²) < 4.78 is 0. The van der Waals surface area contributed by atoms with Crippen LogP contribution in [0.3, 0.4) is 0 Å². The number of nitrogens with one attached hydrogen (secondary N) is 3. The molecule has 0 aliphatic carbocycles. The van der Waals surface area contributed by atoms with Crippen LogP contribution in [0.5, 0.6) is 0 Å². The van der Waals surface area contributed by atoms with E-state index in [9.17, 15) is 34.2 Å². The number of carbonyl (C=O) groups is 5. The number of carboxylic acids is 2. The largest absolute Gasteiger partial charge is 0.481 e. The molecule has 12 heteroatoms. The maximum absolute atomic E-state index is 12.5. The van der Waals surface area contributed by atoms with Gasteiger partial charge < -0.3 is 37.0 Å². The third-order valence-corrected chi connectivity index (χ3v) is 4.41. The van der Waals surface area contributed by atoms with Crippen LogP contribution in [-0.4, -0.2) is 75.8 Å². The van der Waals surface area contributed by atoms with Crippen LogP contribution >= 0.6 is 0 Å². The average Bonchev–Trinajstić information content (AvgIpc) is 2.73. The lowest BCUT2D eigenvalue weighted by Gasteiger charge is -2.23. The fraction of sp³-hybridized carbons (Fsp3) is 0.450. The second-order valence-electron chi connectivity index (χ2n) is 7.13. The summed E-state index contributed by atoms with van der Waals surface area (Å²) in [6, 6.07) is 4.68. The molecule has 4 atom stereocenters. The molecule has 0 spiro atoms. The highest BCUT2D eigenvalue weighted by atomic mass is 16.4. The Morgan fingerprint density at radius 2 is 1.62 bits per heavy atom. The number of hydrogen-bond acceptors (Lipinski definition) is 7. The number of carbonyl (C=O) groups excluding carboxylic acids is 3. The monoisotopic (exact) mass is 452 g/mol. The number of benzene rings is 1. The molecule has 8 N–H and O–H groups in total. The van der Waals surface area contributed by atoms with Gasteiger partial charge in [-0.3, -0.25) is 19.2 Å². The van der Waals surface area contributed by atoms with Crippen LogP contribution in [0, 0.1) is 0 Å². The van der Waals surface area contributed by atoms with Gasteiger partial charge in [-0.2, -0.15) is 0 Å². The molecule has 0 bridgehead atoms. The van der Waals surface area contributed by atoms with Crippen LogP contribution in [0.2, 0.25) is 0 Å². The summed E-state index contributed by atoms with van der Waals surface area (Å²) in [5.74, 6) is -4.92. The molecule has 1 aromatic rings. The SMILES string of the molecule is CC(O)C(NC(=O)CNC(=O)C(N)CCC(=O)O)C(=O)NC(Cc1ccccc1)C(=O)O. The van der Waals surface area contributed by atoms with E-state index in [1.165, 1.54) is 6.92 Å². The van der Waals surface area contributed by atoms with Crippen molar-refractivity contribution >= 4 is 29.7 Å². The van der Waals surface area contributed by atoms with E-state index in [4.69, 9.17) is 10.8 Å². The van der Waals surface area contributed by atoms with Crippen LogP contribution in [0.15, 0.2) is 30.3 Å². The summed E-state index contributed by atoms with van der Waals surface area (Å²) in [7, 11) is 0. The van der Waals surface area contributed by atoms with Gasteiger partial charge in [0, 0.05) is 12.8 Å². The lowest BCUT2D eigenvalue weighted by atomic mass is 10.0. The van der Waals surface area contributed by atoms with Crippen molar-refractivity contribution in [1.82, 2.24) is 16.0 Å². The molecule has 12 nitrogen and oxygen atoms in total. The molecule has 4 unspecified atom stereocenters. The minimum atomic E-state index is -1.47. The molecule has 0 heterocycles. The first kappa shape index (κ1) is 26.5. The standard InChI is InChI=1S/C20H28N4O8/c1-11(25)17(24-15(26)10-22-18(29)13(21)7-8-16(27)28)19(30)23-14(20(31)32)9-12-5-3-2-4-6-12/h2-6,11,13-14,17,25H,7-10,21H2,1H3,(H,22,29)(H,23,30)(H,24,26)(H,27,28)(H,31,32). The van der Waals surface area contributed by atoms with Gasteiger partial charge in [0.05, 0.1) is 18.7 Å². The van der Waals surface area contributed by atoms with E-state index in [-0.39, 0.29) is 19.3 Å². The number of amides is 3. The summed E-state index contributed by atoms with van der Waals surface area (Å²) in [6.45, 7) is 0.653. The summed E-state index contributed by atoms with van der Waals surface area (Å²) in [6.07, 6.45) is -1.82. The zero-order valence-corrected chi connectivity index (χ0v) is 17.5. The first-order valence-electron chi connectivity index (χ1n) is 9.80. The molecule has 0 radical (unpaired) electrons. The number of aliphatic hydroxyl groups is 1. The Labute approximate surface area is 184 Å². The van der Waals surface area contributed by atoms with Crippen molar-refractivity contribution in [3.63, 3.8) is 0 Å². The maximum Gasteiger partial charge on any atom is 0.326 e. The van der Waals surface area contributed by atoms with Crippen molar-refractivity contribution < 1.29 is 39.3 Å². The van der Waals surface area contributed by atoms with Crippen molar-refractivity contribution in [3.8, 4) is 0 Å². The van der Waals surface area contributed by atoms with Crippen molar-refractivity contribution in [2.24, 2.45) is 5.73 Å². The highest BCUT2D eigenvalue weighted by molar-refractivity contribution is 5.93. The number of aliphatic carboxylic acids is 2. The summed E-state index contributed by atoms with van der Waals surface area (Å²) >= 11 is 0. The van der Waals surface area contributed by atoms with E-state index in [1.54, 1.807) is 30.3 Å². The first-order chi connectivity index (χ1) is 15.0. The fourth-order valence-corrected chi connectivity index (χ4v) is 2.65. The lowest BCUT2D eigenvalue weighted by molar-refractivity contribution is -0.143. The maximum atomic E-state index is 12.5. The van der Waals surface area contributed by atoms with Gasteiger partial charge in [0.25, 0.3) is 0 Å². The second kappa shape index (κ2) is 13.0. The molecular weight excluding hydrogens is 424 g/mol. The normalized spacial score (nSPS) is 14.3. The molecular formula is C20H28N4O8.